The number of hydrogen-bond donors (Lipinski definition) is 1. The van der Waals surface area contributed by atoms with Gasteiger partial charge in [0.15, 0.2) is 5.89 Å². The summed E-state index contributed by atoms with van der Waals surface area (Å²) < 4.78 is 7.42. The molecule has 1 atom stereocenters. The van der Waals surface area contributed by atoms with Gasteiger partial charge < -0.3 is 14.3 Å². The highest BCUT2D eigenvalue weighted by atomic mass is 16.4. The molecule has 0 aromatic carbocycles. The van der Waals surface area contributed by atoms with Crippen LogP contribution < -0.4 is 5.32 Å². The van der Waals surface area contributed by atoms with Gasteiger partial charge in [-0.1, -0.05) is 20.8 Å². The second-order valence-electron chi connectivity index (χ2n) is 5.47. The molecule has 114 valence electrons. The number of amides is 1. The zero-order valence-electron chi connectivity index (χ0n) is 13.2. The van der Waals surface area contributed by atoms with Crippen LogP contribution in [0.5, 0.6) is 0 Å². The number of carbonyl (C=O) groups excluding carboxylic acids is 1. The van der Waals surface area contributed by atoms with Crippen LogP contribution in [0.2, 0.25) is 0 Å². The molecule has 0 aliphatic heterocycles. The van der Waals surface area contributed by atoms with Crippen molar-refractivity contribution in [2.45, 2.75) is 40.2 Å². The third kappa shape index (κ3) is 3.15. The number of oxazole rings is 1. The van der Waals surface area contributed by atoms with Crippen LogP contribution in [0.15, 0.2) is 16.8 Å². The summed E-state index contributed by atoms with van der Waals surface area (Å²) in [4.78, 5) is 21.0. The van der Waals surface area contributed by atoms with Crippen LogP contribution in [0.25, 0.3) is 0 Å². The van der Waals surface area contributed by atoms with Gasteiger partial charge in [-0.15, -0.1) is 0 Å². The normalized spacial score (nSPS) is 12.7. The fourth-order valence-electron chi connectivity index (χ4n) is 2.23. The Labute approximate surface area is 124 Å². The third-order valence-electron chi connectivity index (χ3n) is 3.44. The van der Waals surface area contributed by atoms with Gasteiger partial charge in [-0.05, 0) is 12.8 Å². The first-order chi connectivity index (χ1) is 9.93. The minimum atomic E-state index is -0.249. The highest BCUT2D eigenvalue weighted by Crippen LogP contribution is 2.21. The number of imidazole rings is 1. The number of nitrogens with zero attached hydrogens (tertiary/aromatic N) is 3. The van der Waals surface area contributed by atoms with E-state index in [1.54, 1.807) is 13.1 Å². The Hall–Kier alpha value is -2.11. The molecule has 0 fully saturated rings. The number of aryl methyl sites for hydroxylation is 3. The van der Waals surface area contributed by atoms with Crippen LogP contribution >= 0.6 is 0 Å². The first-order valence-corrected chi connectivity index (χ1v) is 7.18. The first-order valence-electron chi connectivity index (χ1n) is 7.18. The highest BCUT2D eigenvalue weighted by molar-refractivity contribution is 5.92. The van der Waals surface area contributed by atoms with Gasteiger partial charge in [0.05, 0.1) is 11.7 Å². The second-order valence-corrected chi connectivity index (χ2v) is 5.47. The van der Waals surface area contributed by atoms with Crippen LogP contribution in [0, 0.1) is 12.8 Å². The van der Waals surface area contributed by atoms with Gasteiger partial charge in [0.25, 0.3) is 5.91 Å². The Balaban J connectivity index is 2.23. The van der Waals surface area contributed by atoms with Crippen molar-refractivity contribution < 1.29 is 9.21 Å². The molecule has 0 aliphatic carbocycles. The van der Waals surface area contributed by atoms with Crippen LogP contribution in [0.3, 0.4) is 0 Å². The average Bonchev–Trinajstić information content (AvgIpc) is 3.01. The maximum absolute atomic E-state index is 12.4. The van der Waals surface area contributed by atoms with E-state index in [1.165, 1.54) is 0 Å². The maximum atomic E-state index is 12.4. The van der Waals surface area contributed by atoms with Crippen molar-refractivity contribution >= 4 is 5.91 Å². The Morgan fingerprint density at radius 1 is 1.48 bits per heavy atom. The number of aromatic nitrogens is 3. The van der Waals surface area contributed by atoms with Gasteiger partial charge in [-0.3, -0.25) is 4.79 Å². The standard InChI is InChI=1S/C15H22N4O2/c1-6-11-17-10(4)13(21-11)15(20)18-12(9(2)3)14-16-7-8-19(14)5/h7-9,12H,6H2,1-5H3,(H,18,20)/t12-/m0/s1. The number of nitrogens with one attached hydrogen (secondary N) is 1. The van der Waals surface area contributed by atoms with Gasteiger partial charge in [0.2, 0.25) is 5.76 Å². The van der Waals surface area contributed by atoms with E-state index in [-0.39, 0.29) is 23.6 Å². The Kier molecular flexibility index (Phi) is 4.45. The van der Waals surface area contributed by atoms with Crippen LogP contribution in [-0.2, 0) is 13.5 Å². The van der Waals surface area contributed by atoms with E-state index in [4.69, 9.17) is 4.42 Å². The summed E-state index contributed by atoms with van der Waals surface area (Å²) in [5, 5.41) is 3.00. The van der Waals surface area contributed by atoms with Gasteiger partial charge in [-0.25, -0.2) is 9.97 Å². The number of carbonyl (C=O) groups is 1. The van der Waals surface area contributed by atoms with Crippen molar-refractivity contribution in [1.29, 1.82) is 0 Å². The largest absolute Gasteiger partial charge is 0.435 e. The van der Waals surface area contributed by atoms with Gasteiger partial charge in [-0.2, -0.15) is 0 Å². The fraction of sp³-hybridized carbons (Fsp3) is 0.533. The molecule has 1 amide bonds. The Morgan fingerprint density at radius 3 is 2.67 bits per heavy atom. The van der Waals surface area contributed by atoms with Gasteiger partial charge in [0.1, 0.15) is 5.82 Å². The minimum Gasteiger partial charge on any atom is -0.435 e. The molecule has 0 saturated carbocycles. The molecule has 0 spiro atoms. The molecule has 0 bridgehead atoms. The van der Waals surface area contributed by atoms with E-state index in [1.807, 2.05) is 38.6 Å². The molecule has 0 saturated heterocycles. The van der Waals surface area contributed by atoms with Crippen LogP contribution in [-0.4, -0.2) is 20.4 Å². The molecular weight excluding hydrogens is 268 g/mol. The zero-order chi connectivity index (χ0) is 15.6. The molecule has 0 aliphatic rings. The fourth-order valence-corrected chi connectivity index (χ4v) is 2.23. The summed E-state index contributed by atoms with van der Waals surface area (Å²) in [6, 6.07) is -0.174. The third-order valence-corrected chi connectivity index (χ3v) is 3.44. The first kappa shape index (κ1) is 15.3. The zero-order valence-corrected chi connectivity index (χ0v) is 13.2. The highest BCUT2D eigenvalue weighted by Gasteiger charge is 2.25. The van der Waals surface area contributed by atoms with E-state index in [0.717, 1.165) is 5.82 Å². The topological polar surface area (TPSA) is 73.0 Å². The predicted octanol–water partition coefficient (Wildman–Crippen LogP) is 2.41. The van der Waals surface area contributed by atoms with Crippen molar-refractivity contribution in [2.24, 2.45) is 13.0 Å². The van der Waals surface area contributed by atoms with Gasteiger partial charge in [0, 0.05) is 25.9 Å². The van der Waals surface area contributed by atoms with E-state index in [0.29, 0.717) is 18.0 Å². The maximum Gasteiger partial charge on any atom is 0.289 e. The molecule has 2 rings (SSSR count). The summed E-state index contributed by atoms with van der Waals surface area (Å²) >= 11 is 0. The van der Waals surface area contributed by atoms with Crippen LogP contribution in [0.4, 0.5) is 0 Å². The molecule has 2 aromatic rings. The lowest BCUT2D eigenvalue weighted by Gasteiger charge is -2.21. The summed E-state index contributed by atoms with van der Waals surface area (Å²) in [6.45, 7) is 7.81. The molecule has 0 radical (unpaired) electrons. The van der Waals surface area contributed by atoms with E-state index in [2.05, 4.69) is 15.3 Å². The molecule has 1 N–H and O–H groups in total. The molecule has 0 unspecified atom stereocenters. The second kappa shape index (κ2) is 6.11. The Morgan fingerprint density at radius 2 is 2.19 bits per heavy atom. The quantitative estimate of drug-likeness (QED) is 0.917. The van der Waals surface area contributed by atoms with Crippen molar-refractivity contribution in [1.82, 2.24) is 19.9 Å². The Bertz CT molecular complexity index is 627. The molecule has 6 heteroatoms. The average molecular weight is 290 g/mol. The van der Waals surface area contributed by atoms with Crippen molar-refractivity contribution in [3.63, 3.8) is 0 Å². The molecule has 2 heterocycles. The minimum absolute atomic E-state index is 0.174. The smallest absolute Gasteiger partial charge is 0.289 e. The lowest BCUT2D eigenvalue weighted by Crippen LogP contribution is -2.33. The van der Waals surface area contributed by atoms with Gasteiger partial charge >= 0.3 is 0 Å². The predicted molar refractivity (Wildman–Crippen MR) is 78.9 cm³/mol. The van der Waals surface area contributed by atoms with E-state index < -0.39 is 0 Å². The number of hydrogen-bond acceptors (Lipinski definition) is 4. The molecule has 2 aromatic heterocycles. The number of rotatable bonds is 5. The SMILES string of the molecule is CCc1nc(C)c(C(=O)N[C@H](c2nccn2C)C(C)C)o1. The molecule has 6 nitrogen and oxygen atoms in total. The monoisotopic (exact) mass is 290 g/mol. The van der Waals surface area contributed by atoms with Crippen LogP contribution in [0.1, 0.15) is 54.8 Å². The van der Waals surface area contributed by atoms with E-state index in [9.17, 15) is 4.79 Å². The van der Waals surface area contributed by atoms with E-state index >= 15 is 0 Å². The van der Waals surface area contributed by atoms with Crippen molar-refractivity contribution in [2.75, 3.05) is 0 Å². The summed E-state index contributed by atoms with van der Waals surface area (Å²) in [5.41, 5.74) is 0.617. The summed E-state index contributed by atoms with van der Waals surface area (Å²) in [7, 11) is 1.92. The molecular formula is C15H22N4O2. The summed E-state index contributed by atoms with van der Waals surface area (Å²) in [6.07, 6.45) is 4.26. The van der Waals surface area contributed by atoms with Crippen molar-refractivity contribution in [3.8, 4) is 0 Å². The molecule has 21 heavy (non-hydrogen) atoms. The van der Waals surface area contributed by atoms with Crippen molar-refractivity contribution in [3.05, 3.63) is 35.6 Å². The summed E-state index contributed by atoms with van der Waals surface area (Å²) in [5.74, 6) is 1.65. The lowest BCUT2D eigenvalue weighted by atomic mass is 10.0. The lowest BCUT2D eigenvalue weighted by molar-refractivity contribution is 0.0891.